The third kappa shape index (κ3) is 3.33. The summed E-state index contributed by atoms with van der Waals surface area (Å²) in [5.74, 6) is 0. The lowest BCUT2D eigenvalue weighted by Gasteiger charge is -2.11. The third-order valence-corrected chi connectivity index (χ3v) is 2.84. The summed E-state index contributed by atoms with van der Waals surface area (Å²) in [5, 5.41) is 3.95. The average molecular weight is 269 g/mol. The van der Waals surface area contributed by atoms with Crippen molar-refractivity contribution in [1.82, 2.24) is 14.8 Å². The average Bonchev–Trinajstić information content (AvgIpc) is 2.83. The van der Waals surface area contributed by atoms with Gasteiger partial charge in [0.25, 0.3) is 0 Å². The molecule has 0 aliphatic heterocycles. The lowest BCUT2D eigenvalue weighted by molar-refractivity contribution is -0.137. The minimum Gasteiger partial charge on any atom is -0.263 e. The molecular weight excluding hydrogens is 255 g/mol. The highest BCUT2D eigenvalue weighted by Crippen LogP contribution is 2.24. The predicted octanol–water partition coefficient (Wildman–Crippen LogP) is 3.46. The molecule has 0 aliphatic rings. The number of aryl methyl sites for hydroxylation is 2. The molecule has 0 amide bonds. The molecule has 3 nitrogen and oxygen atoms in total. The highest BCUT2D eigenvalue weighted by molar-refractivity contribution is 5.58. The maximum absolute atomic E-state index is 12.3. The Morgan fingerprint density at radius 1 is 1.21 bits per heavy atom. The molecule has 2 heterocycles. The Balaban J connectivity index is 2.29. The highest BCUT2D eigenvalue weighted by atomic mass is 19.4. The van der Waals surface area contributed by atoms with E-state index in [2.05, 4.69) is 10.1 Å². The van der Waals surface area contributed by atoms with Gasteiger partial charge in [0.05, 0.1) is 24.4 Å². The monoisotopic (exact) mass is 269 g/mol. The van der Waals surface area contributed by atoms with Gasteiger partial charge in [-0.25, -0.2) is 0 Å². The molecule has 2 aromatic heterocycles. The summed E-state index contributed by atoms with van der Waals surface area (Å²) in [6.07, 6.45) is -1.17. The maximum atomic E-state index is 12.3. The van der Waals surface area contributed by atoms with Crippen LogP contribution in [0.4, 0.5) is 13.2 Å². The molecule has 0 N–H and O–H groups in total. The third-order valence-electron chi connectivity index (χ3n) is 2.84. The molecule has 6 heteroatoms. The summed E-state index contributed by atoms with van der Waals surface area (Å²) in [6, 6.07) is 5.43. The van der Waals surface area contributed by atoms with Crippen molar-refractivity contribution in [1.29, 1.82) is 0 Å². The summed E-state index contributed by atoms with van der Waals surface area (Å²) in [4.78, 5) is 4.25. The zero-order valence-electron chi connectivity index (χ0n) is 10.5. The van der Waals surface area contributed by atoms with Gasteiger partial charge in [-0.05, 0) is 24.1 Å². The topological polar surface area (TPSA) is 30.7 Å². The Morgan fingerprint density at radius 2 is 2.00 bits per heavy atom. The first-order chi connectivity index (χ1) is 9.01. The number of nitrogens with zero attached hydrogens (tertiary/aromatic N) is 3. The van der Waals surface area contributed by atoms with Gasteiger partial charge in [0.1, 0.15) is 0 Å². The van der Waals surface area contributed by atoms with Gasteiger partial charge in [0.15, 0.2) is 0 Å². The first-order valence-electron chi connectivity index (χ1n) is 6.04. The first kappa shape index (κ1) is 13.6. The zero-order chi connectivity index (χ0) is 13.9. The molecule has 0 atom stereocenters. The predicted molar refractivity (Wildman–Crippen MR) is 65.5 cm³/mol. The second-order valence-electron chi connectivity index (χ2n) is 4.17. The van der Waals surface area contributed by atoms with Crippen LogP contribution >= 0.6 is 0 Å². The second-order valence-corrected chi connectivity index (χ2v) is 4.17. The van der Waals surface area contributed by atoms with Crippen molar-refractivity contribution < 1.29 is 13.2 Å². The summed E-state index contributed by atoms with van der Waals surface area (Å²) < 4.78 is 38.2. The molecule has 0 fully saturated rings. The van der Waals surface area contributed by atoms with Crippen LogP contribution < -0.4 is 0 Å². The van der Waals surface area contributed by atoms with Crippen molar-refractivity contribution in [3.63, 3.8) is 0 Å². The molecule has 0 aliphatic carbocycles. The van der Waals surface area contributed by atoms with Gasteiger partial charge in [-0.1, -0.05) is 13.0 Å². The van der Waals surface area contributed by atoms with E-state index in [0.717, 1.165) is 12.0 Å². The Morgan fingerprint density at radius 3 is 2.68 bits per heavy atom. The lowest BCUT2D eigenvalue weighted by Crippen LogP contribution is -2.14. The fraction of sp³-hybridized carbons (Fsp3) is 0.385. The van der Waals surface area contributed by atoms with Crippen LogP contribution in [0.2, 0.25) is 0 Å². The minimum atomic E-state index is -4.18. The van der Waals surface area contributed by atoms with E-state index in [1.165, 1.54) is 10.9 Å². The summed E-state index contributed by atoms with van der Waals surface area (Å²) in [5.41, 5.74) is 2.32. The molecule has 0 radical (unpaired) electrons. The number of pyridine rings is 1. The first-order valence-corrected chi connectivity index (χ1v) is 6.04. The van der Waals surface area contributed by atoms with E-state index < -0.39 is 12.6 Å². The van der Waals surface area contributed by atoms with Gasteiger partial charge >= 0.3 is 6.18 Å². The molecular formula is C13H14F3N3. The van der Waals surface area contributed by atoms with E-state index in [4.69, 9.17) is 0 Å². The maximum Gasteiger partial charge on any atom is 0.390 e. The zero-order valence-corrected chi connectivity index (χ0v) is 10.5. The van der Waals surface area contributed by atoms with Crippen LogP contribution in [0, 0.1) is 0 Å². The minimum absolute atomic E-state index is 0.189. The Labute approximate surface area is 109 Å². The molecule has 0 spiro atoms. The Bertz CT molecular complexity index is 546. The van der Waals surface area contributed by atoms with Crippen molar-refractivity contribution in [2.45, 2.75) is 32.5 Å². The number of hydrogen-bond donors (Lipinski definition) is 0. The second kappa shape index (κ2) is 5.42. The molecule has 102 valence electrons. The van der Waals surface area contributed by atoms with Gasteiger partial charge in [0.2, 0.25) is 0 Å². The van der Waals surface area contributed by atoms with Crippen molar-refractivity contribution in [3.8, 4) is 11.4 Å². The molecule has 2 aromatic rings. The molecule has 19 heavy (non-hydrogen) atoms. The fourth-order valence-corrected chi connectivity index (χ4v) is 1.90. The van der Waals surface area contributed by atoms with E-state index >= 15 is 0 Å². The van der Waals surface area contributed by atoms with Gasteiger partial charge in [-0.3, -0.25) is 9.67 Å². The quantitative estimate of drug-likeness (QED) is 0.851. The number of hydrogen-bond acceptors (Lipinski definition) is 2. The molecule has 0 saturated heterocycles. The van der Waals surface area contributed by atoms with Crippen LogP contribution in [0.15, 0.2) is 30.6 Å². The van der Waals surface area contributed by atoms with Crippen LogP contribution in [0.3, 0.4) is 0 Å². The molecule has 0 bridgehead atoms. The lowest BCUT2D eigenvalue weighted by atomic mass is 10.1. The SMILES string of the molecule is CCc1cccnc1-c1ccnn1CCC(F)(F)F. The molecule has 0 aromatic carbocycles. The number of alkyl halides is 3. The Kier molecular flexibility index (Phi) is 3.87. The van der Waals surface area contributed by atoms with Gasteiger partial charge in [-0.2, -0.15) is 18.3 Å². The number of aromatic nitrogens is 3. The number of halogens is 3. The van der Waals surface area contributed by atoms with Crippen molar-refractivity contribution in [3.05, 3.63) is 36.2 Å². The fourth-order valence-electron chi connectivity index (χ4n) is 1.90. The van der Waals surface area contributed by atoms with E-state index in [9.17, 15) is 13.2 Å². The van der Waals surface area contributed by atoms with Crippen molar-refractivity contribution >= 4 is 0 Å². The molecule has 0 unspecified atom stereocenters. The van der Waals surface area contributed by atoms with Crippen LogP contribution in [-0.4, -0.2) is 20.9 Å². The van der Waals surface area contributed by atoms with Crippen LogP contribution in [0.25, 0.3) is 11.4 Å². The largest absolute Gasteiger partial charge is 0.390 e. The summed E-state index contributed by atoms with van der Waals surface area (Å²) >= 11 is 0. The van der Waals surface area contributed by atoms with E-state index in [1.807, 2.05) is 19.1 Å². The van der Waals surface area contributed by atoms with E-state index in [0.29, 0.717) is 11.4 Å². The molecule has 0 saturated carbocycles. The van der Waals surface area contributed by atoms with Gasteiger partial charge < -0.3 is 0 Å². The normalized spacial score (nSPS) is 11.8. The van der Waals surface area contributed by atoms with Crippen LogP contribution in [-0.2, 0) is 13.0 Å². The standard InChI is InChI=1S/C13H14F3N3/c1-2-10-4-3-7-17-12(10)11-5-8-18-19(11)9-6-13(14,15)16/h3-5,7-8H,2,6,9H2,1H3. The molecule has 2 rings (SSSR count). The van der Waals surface area contributed by atoms with Crippen molar-refractivity contribution in [2.24, 2.45) is 0 Å². The van der Waals surface area contributed by atoms with E-state index in [-0.39, 0.29) is 6.54 Å². The smallest absolute Gasteiger partial charge is 0.263 e. The highest BCUT2D eigenvalue weighted by Gasteiger charge is 2.27. The van der Waals surface area contributed by atoms with Crippen LogP contribution in [0.1, 0.15) is 18.9 Å². The summed E-state index contributed by atoms with van der Waals surface area (Å²) in [7, 11) is 0. The van der Waals surface area contributed by atoms with Crippen molar-refractivity contribution in [2.75, 3.05) is 0 Å². The summed E-state index contributed by atoms with van der Waals surface area (Å²) in [6.45, 7) is 1.79. The van der Waals surface area contributed by atoms with Gasteiger partial charge in [0, 0.05) is 12.4 Å². The van der Waals surface area contributed by atoms with E-state index in [1.54, 1.807) is 12.3 Å². The Hall–Kier alpha value is -1.85. The van der Waals surface area contributed by atoms with Crippen LogP contribution in [0.5, 0.6) is 0 Å². The van der Waals surface area contributed by atoms with Gasteiger partial charge in [-0.15, -0.1) is 0 Å². The number of rotatable bonds is 4.